The Morgan fingerprint density at radius 1 is 1.17 bits per heavy atom. The Balaban J connectivity index is 0.00000162. The van der Waals surface area contributed by atoms with E-state index in [9.17, 15) is 4.79 Å². The van der Waals surface area contributed by atoms with Gasteiger partial charge < -0.3 is 10.2 Å². The average Bonchev–Trinajstić information content (AvgIpc) is 2.61. The van der Waals surface area contributed by atoms with Crippen molar-refractivity contribution in [3.05, 3.63) is 0 Å². The maximum absolute atomic E-state index is 12.6. The summed E-state index contributed by atoms with van der Waals surface area (Å²) in [6.45, 7) is 14.9. The Morgan fingerprint density at radius 2 is 1.67 bits per heavy atom. The minimum Gasteiger partial charge on any atom is -0.337 e. The van der Waals surface area contributed by atoms with E-state index < -0.39 is 0 Å². The van der Waals surface area contributed by atoms with Gasteiger partial charge in [-0.05, 0) is 24.7 Å². The molecule has 0 radical (unpaired) electrons. The van der Waals surface area contributed by atoms with Crippen molar-refractivity contribution in [2.75, 3.05) is 13.1 Å². The summed E-state index contributed by atoms with van der Waals surface area (Å²) in [6.07, 6.45) is 0. The highest BCUT2D eigenvalue weighted by Crippen LogP contribution is 2.68. The highest BCUT2D eigenvalue weighted by molar-refractivity contribution is 5.85. The Kier molecular flexibility index (Phi) is 4.10. The molecule has 1 heterocycles. The molecule has 106 valence electrons. The van der Waals surface area contributed by atoms with Gasteiger partial charge in [-0.15, -0.1) is 12.4 Å². The van der Waals surface area contributed by atoms with Gasteiger partial charge in [-0.25, -0.2) is 0 Å². The Bertz CT molecular complexity index is 327. The number of halogens is 1. The second-order valence-electron chi connectivity index (χ2n) is 6.89. The minimum atomic E-state index is 0. The molecule has 1 amide bonds. The summed E-state index contributed by atoms with van der Waals surface area (Å²) in [5.41, 5.74) is 0.301. The van der Waals surface area contributed by atoms with Crippen LogP contribution in [0.5, 0.6) is 0 Å². The summed E-state index contributed by atoms with van der Waals surface area (Å²) in [7, 11) is 0. The van der Waals surface area contributed by atoms with Crippen LogP contribution < -0.4 is 5.32 Å². The molecular weight excluding hydrogens is 248 g/mol. The van der Waals surface area contributed by atoms with Crippen molar-refractivity contribution in [2.45, 2.75) is 53.6 Å². The van der Waals surface area contributed by atoms with Crippen molar-refractivity contribution in [2.24, 2.45) is 16.7 Å². The smallest absolute Gasteiger partial charge is 0.227 e. The van der Waals surface area contributed by atoms with Crippen LogP contribution in [-0.2, 0) is 4.79 Å². The van der Waals surface area contributed by atoms with Crippen LogP contribution in [0.25, 0.3) is 0 Å². The molecule has 2 rings (SSSR count). The number of rotatable bonds is 1. The number of carbonyl (C=O) groups is 1. The first-order valence-electron chi connectivity index (χ1n) is 6.75. The molecular formula is C14H27ClN2O. The Hall–Kier alpha value is -0.280. The van der Waals surface area contributed by atoms with Crippen LogP contribution in [0, 0.1) is 16.7 Å². The third-order valence-corrected chi connectivity index (χ3v) is 5.58. The lowest BCUT2D eigenvalue weighted by molar-refractivity contribution is -0.137. The lowest BCUT2D eigenvalue weighted by atomic mass is 10.0. The first kappa shape index (κ1) is 15.8. The van der Waals surface area contributed by atoms with E-state index in [-0.39, 0.29) is 29.2 Å². The fraction of sp³-hybridized carbons (Fsp3) is 0.929. The van der Waals surface area contributed by atoms with E-state index in [1.165, 1.54) is 0 Å². The highest BCUT2D eigenvalue weighted by atomic mass is 35.5. The van der Waals surface area contributed by atoms with E-state index in [0.717, 1.165) is 13.1 Å². The third-order valence-electron chi connectivity index (χ3n) is 5.58. The molecule has 2 aliphatic rings. The maximum atomic E-state index is 12.6. The molecule has 0 bridgehead atoms. The van der Waals surface area contributed by atoms with Crippen molar-refractivity contribution < 1.29 is 4.79 Å². The number of nitrogens with one attached hydrogen (secondary N) is 1. The molecule has 0 spiro atoms. The summed E-state index contributed by atoms with van der Waals surface area (Å²) in [4.78, 5) is 14.7. The van der Waals surface area contributed by atoms with Gasteiger partial charge in [-0.3, -0.25) is 4.79 Å². The first-order valence-corrected chi connectivity index (χ1v) is 6.75. The van der Waals surface area contributed by atoms with Crippen molar-refractivity contribution >= 4 is 18.3 Å². The fourth-order valence-corrected chi connectivity index (χ4v) is 3.35. The maximum Gasteiger partial charge on any atom is 0.227 e. The normalized spacial score (nSPS) is 33.8. The summed E-state index contributed by atoms with van der Waals surface area (Å²) < 4.78 is 0. The molecule has 0 aromatic heterocycles. The predicted octanol–water partition coefficient (Wildman–Crippen LogP) is 2.30. The lowest BCUT2D eigenvalue weighted by Crippen LogP contribution is -2.57. The van der Waals surface area contributed by atoms with Gasteiger partial charge in [0, 0.05) is 31.1 Å². The number of hydrogen-bond acceptors (Lipinski definition) is 2. The predicted molar refractivity (Wildman–Crippen MR) is 76.9 cm³/mol. The van der Waals surface area contributed by atoms with Crippen LogP contribution in [0.15, 0.2) is 0 Å². The van der Waals surface area contributed by atoms with Crippen LogP contribution in [-0.4, -0.2) is 36.0 Å². The van der Waals surface area contributed by atoms with Gasteiger partial charge in [0.1, 0.15) is 0 Å². The zero-order valence-electron chi connectivity index (χ0n) is 12.4. The zero-order valence-corrected chi connectivity index (χ0v) is 13.2. The van der Waals surface area contributed by atoms with E-state index in [4.69, 9.17) is 0 Å². The van der Waals surface area contributed by atoms with E-state index in [0.29, 0.717) is 18.0 Å². The number of amides is 1. The summed E-state index contributed by atoms with van der Waals surface area (Å²) >= 11 is 0. The number of nitrogens with zero attached hydrogens (tertiary/aromatic N) is 1. The molecule has 3 nitrogen and oxygen atoms in total. The molecule has 18 heavy (non-hydrogen) atoms. The van der Waals surface area contributed by atoms with Crippen LogP contribution in [0.1, 0.15) is 41.5 Å². The van der Waals surface area contributed by atoms with Gasteiger partial charge in [-0.1, -0.05) is 27.7 Å². The molecule has 2 fully saturated rings. The summed E-state index contributed by atoms with van der Waals surface area (Å²) in [5.74, 6) is 0.559. The number of carbonyl (C=O) groups excluding carboxylic acids is 1. The lowest BCUT2D eigenvalue weighted by Gasteiger charge is -2.39. The van der Waals surface area contributed by atoms with Crippen LogP contribution >= 0.6 is 12.4 Å². The van der Waals surface area contributed by atoms with Crippen molar-refractivity contribution in [1.29, 1.82) is 0 Å². The molecule has 1 N–H and O–H groups in total. The zero-order chi connectivity index (χ0) is 13.0. The van der Waals surface area contributed by atoms with Gasteiger partial charge in [0.05, 0.1) is 0 Å². The van der Waals surface area contributed by atoms with E-state index in [2.05, 4.69) is 51.8 Å². The van der Waals surface area contributed by atoms with E-state index in [1.54, 1.807) is 0 Å². The summed E-state index contributed by atoms with van der Waals surface area (Å²) in [5, 5.41) is 3.42. The third kappa shape index (κ3) is 2.05. The summed E-state index contributed by atoms with van der Waals surface area (Å²) in [6, 6.07) is 0.709. The molecule has 4 heteroatoms. The van der Waals surface area contributed by atoms with Crippen molar-refractivity contribution in [3.8, 4) is 0 Å². The van der Waals surface area contributed by atoms with Crippen molar-refractivity contribution in [3.63, 3.8) is 0 Å². The van der Waals surface area contributed by atoms with Crippen LogP contribution in [0.2, 0.25) is 0 Å². The molecule has 1 aliphatic heterocycles. The van der Waals surface area contributed by atoms with Gasteiger partial charge in [0.25, 0.3) is 0 Å². The van der Waals surface area contributed by atoms with E-state index in [1.807, 2.05) is 0 Å². The standard InChI is InChI=1S/C14H26N2O.ClH/c1-9-10(2)16(8-7-15-9)12(17)11-13(3,4)14(11,5)6;/h9-11,15H,7-8H2,1-6H3;1H. The van der Waals surface area contributed by atoms with Gasteiger partial charge >= 0.3 is 0 Å². The Labute approximate surface area is 117 Å². The highest BCUT2D eigenvalue weighted by Gasteiger charge is 2.69. The monoisotopic (exact) mass is 274 g/mol. The quantitative estimate of drug-likeness (QED) is 0.796. The largest absolute Gasteiger partial charge is 0.337 e. The van der Waals surface area contributed by atoms with Crippen molar-refractivity contribution in [1.82, 2.24) is 10.2 Å². The molecule has 1 saturated carbocycles. The average molecular weight is 275 g/mol. The molecule has 2 unspecified atom stereocenters. The van der Waals surface area contributed by atoms with Gasteiger partial charge in [0.15, 0.2) is 0 Å². The SMILES string of the molecule is CC1NCCN(C(=O)C2C(C)(C)C2(C)C)C1C.Cl. The second-order valence-corrected chi connectivity index (χ2v) is 6.89. The molecule has 1 aliphatic carbocycles. The van der Waals surface area contributed by atoms with Crippen LogP contribution in [0.3, 0.4) is 0 Å². The fourth-order valence-electron chi connectivity index (χ4n) is 3.35. The molecule has 2 atom stereocenters. The van der Waals surface area contributed by atoms with E-state index >= 15 is 0 Å². The topological polar surface area (TPSA) is 32.3 Å². The number of piperazine rings is 1. The Morgan fingerprint density at radius 3 is 2.11 bits per heavy atom. The minimum absolute atomic E-state index is 0. The van der Waals surface area contributed by atoms with Gasteiger partial charge in [-0.2, -0.15) is 0 Å². The van der Waals surface area contributed by atoms with Gasteiger partial charge in [0.2, 0.25) is 5.91 Å². The first-order chi connectivity index (χ1) is 7.71. The number of hydrogen-bond donors (Lipinski definition) is 1. The molecule has 1 saturated heterocycles. The molecule has 0 aromatic rings. The van der Waals surface area contributed by atoms with Crippen LogP contribution in [0.4, 0.5) is 0 Å². The molecule has 0 aromatic carbocycles. The second kappa shape index (κ2) is 4.68.